The van der Waals surface area contributed by atoms with Crippen LogP contribution in [0.1, 0.15) is 29.3 Å². The fourth-order valence-electron chi connectivity index (χ4n) is 2.60. The molecule has 1 unspecified atom stereocenters. The molecular weight excluding hydrogens is 265 g/mol. The lowest BCUT2D eigenvalue weighted by Crippen LogP contribution is -2.14. The number of pyridine rings is 1. The van der Waals surface area contributed by atoms with Crippen molar-refractivity contribution in [2.45, 2.75) is 25.1 Å². The molecule has 1 aliphatic rings. The fourth-order valence-corrected chi connectivity index (χ4v) is 2.60. The number of nitrogens with one attached hydrogen (secondary N) is 1. The Morgan fingerprint density at radius 3 is 2.70 bits per heavy atom. The third kappa shape index (κ3) is 2.35. The maximum Gasteiger partial charge on any atom is 0.418 e. The summed E-state index contributed by atoms with van der Waals surface area (Å²) in [4.78, 5) is 4.28. The number of rotatable bonds is 2. The Bertz CT molecular complexity index is 623. The molecule has 0 saturated heterocycles. The van der Waals surface area contributed by atoms with Crippen molar-refractivity contribution in [3.8, 4) is 0 Å². The summed E-state index contributed by atoms with van der Waals surface area (Å²) < 4.78 is 38.9. The first kappa shape index (κ1) is 13.0. The highest BCUT2D eigenvalue weighted by Crippen LogP contribution is 2.38. The van der Waals surface area contributed by atoms with Gasteiger partial charge in [0.15, 0.2) is 0 Å². The quantitative estimate of drug-likeness (QED) is 0.890. The van der Waals surface area contributed by atoms with E-state index in [0.717, 1.165) is 30.2 Å². The molecule has 1 atom stereocenters. The second-order valence-electron chi connectivity index (χ2n) is 4.83. The summed E-state index contributed by atoms with van der Waals surface area (Å²) in [5.74, 6) is 0. The zero-order valence-corrected chi connectivity index (χ0v) is 10.6. The van der Waals surface area contributed by atoms with Gasteiger partial charge in [-0.2, -0.15) is 13.2 Å². The molecule has 0 spiro atoms. The molecule has 1 N–H and O–H groups in total. The van der Waals surface area contributed by atoms with Gasteiger partial charge < -0.3 is 5.32 Å². The molecule has 104 valence electrons. The van der Waals surface area contributed by atoms with Crippen LogP contribution in [0.15, 0.2) is 42.6 Å². The van der Waals surface area contributed by atoms with Crippen molar-refractivity contribution < 1.29 is 13.2 Å². The highest BCUT2D eigenvalue weighted by molar-refractivity contribution is 5.54. The highest BCUT2D eigenvalue weighted by Gasteiger charge is 2.34. The van der Waals surface area contributed by atoms with Crippen molar-refractivity contribution in [1.29, 1.82) is 0 Å². The minimum atomic E-state index is -4.35. The molecular formula is C15H13F3N2. The lowest BCUT2D eigenvalue weighted by atomic mass is 10.1. The van der Waals surface area contributed by atoms with Gasteiger partial charge in [0.25, 0.3) is 0 Å². The second-order valence-corrected chi connectivity index (χ2v) is 4.83. The largest absolute Gasteiger partial charge is 0.418 e. The van der Waals surface area contributed by atoms with E-state index in [4.69, 9.17) is 0 Å². The van der Waals surface area contributed by atoms with Gasteiger partial charge >= 0.3 is 6.18 Å². The highest BCUT2D eigenvalue weighted by atomic mass is 19.4. The van der Waals surface area contributed by atoms with E-state index in [0.29, 0.717) is 0 Å². The van der Waals surface area contributed by atoms with Crippen molar-refractivity contribution in [2.24, 2.45) is 0 Å². The first-order valence-corrected chi connectivity index (χ1v) is 6.42. The molecule has 3 rings (SSSR count). The Labute approximate surface area is 114 Å². The van der Waals surface area contributed by atoms with Gasteiger partial charge in [-0.05, 0) is 36.6 Å². The number of nitrogens with zero attached hydrogens (tertiary/aromatic N) is 1. The van der Waals surface area contributed by atoms with Crippen LogP contribution in [0, 0.1) is 0 Å². The van der Waals surface area contributed by atoms with E-state index in [-0.39, 0.29) is 11.7 Å². The Morgan fingerprint density at radius 2 is 1.90 bits per heavy atom. The summed E-state index contributed by atoms with van der Waals surface area (Å²) in [5.41, 5.74) is 1.44. The van der Waals surface area contributed by atoms with Gasteiger partial charge in [0.05, 0.1) is 17.3 Å². The van der Waals surface area contributed by atoms with Crippen molar-refractivity contribution in [3.63, 3.8) is 0 Å². The average Bonchev–Trinajstić information content (AvgIpc) is 2.82. The average molecular weight is 278 g/mol. The monoisotopic (exact) mass is 278 g/mol. The van der Waals surface area contributed by atoms with Crippen LogP contribution in [0.25, 0.3) is 0 Å². The van der Waals surface area contributed by atoms with Crippen molar-refractivity contribution in [1.82, 2.24) is 4.98 Å². The predicted octanol–water partition coefficient (Wildman–Crippen LogP) is 4.20. The molecule has 0 bridgehead atoms. The number of anilines is 1. The number of alkyl halides is 3. The van der Waals surface area contributed by atoms with Crippen molar-refractivity contribution >= 4 is 5.69 Å². The second kappa shape index (κ2) is 4.81. The number of aryl methyl sites for hydroxylation is 1. The van der Waals surface area contributed by atoms with Gasteiger partial charge in [-0.1, -0.05) is 18.2 Å². The van der Waals surface area contributed by atoms with E-state index in [9.17, 15) is 13.2 Å². The SMILES string of the molecule is FC(F)(F)c1ccccc1NC1CCc2cccnc21. The minimum absolute atomic E-state index is 0.114. The third-order valence-corrected chi connectivity index (χ3v) is 3.52. The number of benzene rings is 1. The van der Waals surface area contributed by atoms with Crippen molar-refractivity contribution in [3.05, 3.63) is 59.4 Å². The van der Waals surface area contributed by atoms with E-state index in [1.54, 1.807) is 12.3 Å². The molecule has 0 radical (unpaired) electrons. The number of fused-ring (bicyclic) bond motifs is 1. The first-order valence-electron chi connectivity index (χ1n) is 6.42. The van der Waals surface area contributed by atoms with Crippen molar-refractivity contribution in [2.75, 3.05) is 5.32 Å². The molecule has 1 aromatic heterocycles. The van der Waals surface area contributed by atoms with Crippen LogP contribution >= 0.6 is 0 Å². The first-order chi connectivity index (χ1) is 9.55. The maximum absolute atomic E-state index is 13.0. The topological polar surface area (TPSA) is 24.9 Å². The van der Waals surface area contributed by atoms with Crippen LogP contribution in [-0.4, -0.2) is 4.98 Å². The molecule has 1 aromatic carbocycles. The molecule has 1 aliphatic carbocycles. The van der Waals surface area contributed by atoms with E-state index in [1.807, 2.05) is 12.1 Å². The van der Waals surface area contributed by atoms with E-state index in [2.05, 4.69) is 10.3 Å². The molecule has 2 aromatic rings. The standard InChI is InChI=1S/C15H13F3N2/c16-15(17,18)11-5-1-2-6-12(11)20-13-8-7-10-4-3-9-19-14(10)13/h1-6,9,13,20H,7-8H2. The molecule has 2 nitrogen and oxygen atoms in total. The molecule has 0 amide bonds. The lowest BCUT2D eigenvalue weighted by molar-refractivity contribution is -0.137. The molecule has 5 heteroatoms. The molecule has 20 heavy (non-hydrogen) atoms. The Morgan fingerprint density at radius 1 is 1.10 bits per heavy atom. The van der Waals surface area contributed by atoms with Crippen LogP contribution in [0.4, 0.5) is 18.9 Å². The van der Waals surface area contributed by atoms with Gasteiger partial charge in [0, 0.05) is 11.9 Å². The Kier molecular flexibility index (Phi) is 3.12. The van der Waals surface area contributed by atoms with Crippen LogP contribution in [0.5, 0.6) is 0 Å². The third-order valence-electron chi connectivity index (χ3n) is 3.52. The smallest absolute Gasteiger partial charge is 0.376 e. The maximum atomic E-state index is 13.0. The minimum Gasteiger partial charge on any atom is -0.376 e. The van der Waals surface area contributed by atoms with E-state index in [1.165, 1.54) is 12.1 Å². The summed E-state index contributed by atoms with van der Waals surface area (Å²) in [6, 6.07) is 9.22. The van der Waals surface area contributed by atoms with Gasteiger partial charge in [0.2, 0.25) is 0 Å². The zero-order chi connectivity index (χ0) is 14.2. The van der Waals surface area contributed by atoms with Crippen LogP contribution in [0.3, 0.4) is 0 Å². The molecule has 0 aliphatic heterocycles. The zero-order valence-electron chi connectivity index (χ0n) is 10.6. The number of hydrogen-bond acceptors (Lipinski definition) is 2. The predicted molar refractivity (Wildman–Crippen MR) is 70.4 cm³/mol. The van der Waals surface area contributed by atoms with Gasteiger partial charge in [0.1, 0.15) is 0 Å². The van der Waals surface area contributed by atoms with Gasteiger partial charge in [-0.3, -0.25) is 4.98 Å². The van der Waals surface area contributed by atoms with Crippen LogP contribution in [-0.2, 0) is 12.6 Å². The Balaban J connectivity index is 1.90. The van der Waals surface area contributed by atoms with Gasteiger partial charge in [-0.25, -0.2) is 0 Å². The van der Waals surface area contributed by atoms with E-state index < -0.39 is 11.7 Å². The number of hydrogen-bond donors (Lipinski definition) is 1. The molecule has 1 heterocycles. The summed E-state index contributed by atoms with van der Waals surface area (Å²) in [7, 11) is 0. The summed E-state index contributed by atoms with van der Waals surface area (Å²) in [5, 5.41) is 2.99. The van der Waals surface area contributed by atoms with Gasteiger partial charge in [-0.15, -0.1) is 0 Å². The number of aromatic nitrogens is 1. The van der Waals surface area contributed by atoms with Crippen LogP contribution < -0.4 is 5.32 Å². The van der Waals surface area contributed by atoms with E-state index >= 15 is 0 Å². The molecule has 0 saturated carbocycles. The Hall–Kier alpha value is -2.04. The normalized spacial score (nSPS) is 17.9. The summed E-state index contributed by atoms with van der Waals surface area (Å²) in [6.45, 7) is 0. The summed E-state index contributed by atoms with van der Waals surface area (Å²) >= 11 is 0. The van der Waals surface area contributed by atoms with Crippen LogP contribution in [0.2, 0.25) is 0 Å². The fraction of sp³-hybridized carbons (Fsp3) is 0.267. The molecule has 0 fully saturated rings. The lowest BCUT2D eigenvalue weighted by Gasteiger charge is -2.19. The number of halogens is 3. The number of para-hydroxylation sites is 1. The summed E-state index contributed by atoms with van der Waals surface area (Å²) in [6.07, 6.45) is -1.07.